The number of carbonyl (C=O) groups excluding carboxylic acids is 1. The van der Waals surface area contributed by atoms with E-state index < -0.39 is 0 Å². The van der Waals surface area contributed by atoms with Crippen LogP contribution in [-0.2, 0) is 17.9 Å². The first kappa shape index (κ1) is 15.4. The van der Waals surface area contributed by atoms with E-state index in [0.717, 1.165) is 10.4 Å². The second-order valence-corrected chi connectivity index (χ2v) is 6.29. The van der Waals surface area contributed by atoms with Gasteiger partial charge in [0.25, 0.3) is 5.56 Å². The summed E-state index contributed by atoms with van der Waals surface area (Å²) in [5.74, 6) is -0.0807. The Morgan fingerprint density at radius 1 is 1.26 bits per heavy atom. The minimum Gasteiger partial charge on any atom is -0.352 e. The van der Waals surface area contributed by atoms with E-state index in [2.05, 4.69) is 10.3 Å². The summed E-state index contributed by atoms with van der Waals surface area (Å²) in [7, 11) is 0. The largest absolute Gasteiger partial charge is 0.352 e. The van der Waals surface area contributed by atoms with Crippen LogP contribution in [0.15, 0.2) is 46.8 Å². The summed E-state index contributed by atoms with van der Waals surface area (Å²) in [6, 6.07) is 9.79. The van der Waals surface area contributed by atoms with Crippen LogP contribution in [0.2, 0.25) is 0 Å². The van der Waals surface area contributed by atoms with Gasteiger partial charge in [0.05, 0.1) is 11.7 Å². The zero-order valence-electron chi connectivity index (χ0n) is 12.8. The first-order chi connectivity index (χ1) is 11.1. The highest BCUT2D eigenvalue weighted by Crippen LogP contribution is 2.13. The van der Waals surface area contributed by atoms with Crippen molar-refractivity contribution >= 4 is 27.5 Å². The quantitative estimate of drug-likeness (QED) is 0.783. The third-order valence-electron chi connectivity index (χ3n) is 3.64. The molecule has 0 saturated heterocycles. The number of amides is 1. The average Bonchev–Trinajstić information content (AvgIpc) is 3.03. The molecule has 2 heterocycles. The molecule has 5 nitrogen and oxygen atoms in total. The molecule has 118 valence electrons. The number of nitrogens with one attached hydrogen (secondary N) is 1. The molecule has 0 radical (unpaired) electrons. The van der Waals surface area contributed by atoms with Crippen LogP contribution < -0.4 is 10.9 Å². The number of nitrogens with zero attached hydrogens (tertiary/aromatic N) is 2. The lowest BCUT2D eigenvalue weighted by Gasteiger charge is -2.07. The summed E-state index contributed by atoms with van der Waals surface area (Å²) in [5.41, 5.74) is 2.15. The Hall–Kier alpha value is -2.47. The highest BCUT2D eigenvalue weighted by Gasteiger charge is 2.07. The molecule has 1 amide bonds. The summed E-state index contributed by atoms with van der Waals surface area (Å²) in [5, 5.41) is 5.32. The summed E-state index contributed by atoms with van der Waals surface area (Å²) in [6.45, 7) is 2.85. The Morgan fingerprint density at radius 2 is 2.04 bits per heavy atom. The zero-order valence-corrected chi connectivity index (χ0v) is 13.6. The Balaban J connectivity index is 1.56. The maximum Gasteiger partial charge on any atom is 0.262 e. The first-order valence-corrected chi connectivity index (χ1v) is 8.26. The molecule has 6 heteroatoms. The van der Waals surface area contributed by atoms with Gasteiger partial charge < -0.3 is 5.32 Å². The molecule has 0 aliphatic carbocycles. The van der Waals surface area contributed by atoms with Gasteiger partial charge in [0.2, 0.25) is 5.91 Å². The van der Waals surface area contributed by atoms with Crippen molar-refractivity contribution in [3.05, 3.63) is 63.5 Å². The van der Waals surface area contributed by atoms with Crippen molar-refractivity contribution in [1.82, 2.24) is 14.9 Å². The Kier molecular flexibility index (Phi) is 4.52. The van der Waals surface area contributed by atoms with Crippen molar-refractivity contribution in [2.24, 2.45) is 0 Å². The second kappa shape index (κ2) is 6.75. The number of fused-ring (bicyclic) bond motifs is 1. The van der Waals surface area contributed by atoms with Crippen molar-refractivity contribution in [3.63, 3.8) is 0 Å². The summed E-state index contributed by atoms with van der Waals surface area (Å²) in [4.78, 5) is 29.1. The number of carbonyl (C=O) groups is 1. The summed E-state index contributed by atoms with van der Waals surface area (Å²) < 4.78 is 1.49. The molecule has 1 N–H and O–H groups in total. The maximum absolute atomic E-state index is 12.2. The molecule has 0 aliphatic heterocycles. The number of thiophene rings is 1. The van der Waals surface area contributed by atoms with Gasteiger partial charge in [0.15, 0.2) is 0 Å². The van der Waals surface area contributed by atoms with Gasteiger partial charge in [0.1, 0.15) is 4.83 Å². The molecule has 0 saturated carbocycles. The molecule has 0 aliphatic rings. The molecule has 3 aromatic rings. The number of aryl methyl sites for hydroxylation is 2. The maximum atomic E-state index is 12.2. The van der Waals surface area contributed by atoms with Gasteiger partial charge in [-0.25, -0.2) is 4.98 Å². The molecular weight excluding hydrogens is 310 g/mol. The van der Waals surface area contributed by atoms with Crippen molar-refractivity contribution in [2.45, 2.75) is 26.4 Å². The third-order valence-corrected chi connectivity index (χ3v) is 4.46. The van der Waals surface area contributed by atoms with E-state index >= 15 is 0 Å². The van der Waals surface area contributed by atoms with Crippen LogP contribution in [-0.4, -0.2) is 15.5 Å². The van der Waals surface area contributed by atoms with E-state index in [9.17, 15) is 9.59 Å². The predicted molar refractivity (Wildman–Crippen MR) is 91.5 cm³/mol. The smallest absolute Gasteiger partial charge is 0.262 e. The van der Waals surface area contributed by atoms with Crippen LogP contribution in [0.25, 0.3) is 10.2 Å². The average molecular weight is 327 g/mol. The van der Waals surface area contributed by atoms with E-state index in [1.165, 1.54) is 27.8 Å². The highest BCUT2D eigenvalue weighted by molar-refractivity contribution is 7.16. The lowest BCUT2D eigenvalue weighted by atomic mass is 10.1. The van der Waals surface area contributed by atoms with Crippen LogP contribution in [0, 0.1) is 6.92 Å². The number of hydrogen-bond donors (Lipinski definition) is 1. The first-order valence-electron chi connectivity index (χ1n) is 7.38. The molecule has 3 rings (SSSR count). The minimum atomic E-state index is -0.0948. The van der Waals surface area contributed by atoms with Crippen LogP contribution in [0.5, 0.6) is 0 Å². The van der Waals surface area contributed by atoms with Gasteiger partial charge in [-0.1, -0.05) is 29.8 Å². The van der Waals surface area contributed by atoms with Gasteiger partial charge in [-0.15, -0.1) is 11.3 Å². The highest BCUT2D eigenvalue weighted by atomic mass is 32.1. The fourth-order valence-corrected chi connectivity index (χ4v) is 2.99. The monoisotopic (exact) mass is 327 g/mol. The van der Waals surface area contributed by atoms with E-state index in [-0.39, 0.29) is 17.9 Å². The third kappa shape index (κ3) is 3.65. The molecule has 0 spiro atoms. The van der Waals surface area contributed by atoms with Crippen LogP contribution in [0.3, 0.4) is 0 Å². The van der Waals surface area contributed by atoms with Gasteiger partial charge in [0, 0.05) is 19.5 Å². The molecule has 23 heavy (non-hydrogen) atoms. The standard InChI is InChI=1S/C17H17N3O2S/c1-12-2-4-13(5-3-12)10-18-15(21)6-8-20-11-19-16-14(17(20)22)7-9-23-16/h2-5,7,9,11H,6,8,10H2,1H3,(H,18,21). The molecule has 0 fully saturated rings. The van der Waals surface area contributed by atoms with E-state index in [0.29, 0.717) is 18.5 Å². The fraction of sp³-hybridized carbons (Fsp3) is 0.235. The molecule has 0 unspecified atom stereocenters. The van der Waals surface area contributed by atoms with Gasteiger partial charge >= 0.3 is 0 Å². The van der Waals surface area contributed by atoms with Crippen LogP contribution in [0.4, 0.5) is 0 Å². The normalized spacial score (nSPS) is 10.8. The SMILES string of the molecule is Cc1ccc(CNC(=O)CCn2cnc3sccc3c2=O)cc1. The lowest BCUT2D eigenvalue weighted by molar-refractivity contribution is -0.121. The molecule has 0 atom stereocenters. The second-order valence-electron chi connectivity index (χ2n) is 5.39. The fourth-order valence-electron chi connectivity index (χ4n) is 2.27. The van der Waals surface area contributed by atoms with Crippen molar-refractivity contribution < 1.29 is 4.79 Å². The predicted octanol–water partition coefficient (Wildman–Crippen LogP) is 2.47. The molecular formula is C17H17N3O2S. The number of benzene rings is 1. The molecule has 1 aromatic carbocycles. The van der Waals surface area contributed by atoms with E-state index in [4.69, 9.17) is 0 Å². The number of rotatable bonds is 5. The van der Waals surface area contributed by atoms with Crippen LogP contribution >= 0.6 is 11.3 Å². The van der Waals surface area contributed by atoms with Gasteiger partial charge in [-0.05, 0) is 23.9 Å². The zero-order chi connectivity index (χ0) is 16.2. The summed E-state index contributed by atoms with van der Waals surface area (Å²) in [6.07, 6.45) is 1.76. The number of hydrogen-bond acceptors (Lipinski definition) is 4. The number of aromatic nitrogens is 2. The molecule has 2 aromatic heterocycles. The van der Waals surface area contributed by atoms with Crippen LogP contribution in [0.1, 0.15) is 17.5 Å². The van der Waals surface area contributed by atoms with Crippen molar-refractivity contribution in [2.75, 3.05) is 0 Å². The van der Waals surface area contributed by atoms with E-state index in [1.54, 1.807) is 6.07 Å². The van der Waals surface area contributed by atoms with Gasteiger partial charge in [-0.3, -0.25) is 14.2 Å². The van der Waals surface area contributed by atoms with Gasteiger partial charge in [-0.2, -0.15) is 0 Å². The minimum absolute atomic E-state index is 0.0807. The lowest BCUT2D eigenvalue weighted by Crippen LogP contribution is -2.27. The molecule has 0 bridgehead atoms. The van der Waals surface area contributed by atoms with Crippen molar-refractivity contribution in [3.8, 4) is 0 Å². The van der Waals surface area contributed by atoms with E-state index in [1.807, 2.05) is 36.6 Å². The van der Waals surface area contributed by atoms with Crippen molar-refractivity contribution in [1.29, 1.82) is 0 Å². The summed E-state index contributed by atoms with van der Waals surface area (Å²) >= 11 is 1.44. The topological polar surface area (TPSA) is 64.0 Å². The Labute approximate surface area is 137 Å². The Morgan fingerprint density at radius 3 is 2.83 bits per heavy atom. The Bertz CT molecular complexity index is 881.